The molecular formula is C21H20N6O2. The summed E-state index contributed by atoms with van der Waals surface area (Å²) in [5.74, 6) is 0.258. The Morgan fingerprint density at radius 3 is 2.79 bits per heavy atom. The number of anilines is 1. The van der Waals surface area contributed by atoms with Gasteiger partial charge in [-0.3, -0.25) is 19.6 Å². The van der Waals surface area contributed by atoms with Crippen LogP contribution in [-0.4, -0.2) is 30.9 Å². The van der Waals surface area contributed by atoms with E-state index >= 15 is 0 Å². The Morgan fingerprint density at radius 2 is 2.03 bits per heavy atom. The number of aryl methyl sites for hydroxylation is 2. The zero-order valence-electron chi connectivity index (χ0n) is 16.1. The third-order valence-electron chi connectivity index (χ3n) is 4.35. The van der Waals surface area contributed by atoms with Crippen LogP contribution in [0.25, 0.3) is 11.3 Å². The molecule has 2 N–H and O–H groups in total. The Labute approximate surface area is 167 Å². The normalized spacial score (nSPS) is 10.7. The number of carbonyl (C=O) groups excluding carboxylic acids is 1. The lowest BCUT2D eigenvalue weighted by Gasteiger charge is -2.11. The van der Waals surface area contributed by atoms with Gasteiger partial charge in [-0.2, -0.15) is 10.2 Å². The molecule has 8 heteroatoms. The van der Waals surface area contributed by atoms with E-state index in [4.69, 9.17) is 4.74 Å². The van der Waals surface area contributed by atoms with Crippen molar-refractivity contribution in [3.8, 4) is 17.0 Å². The number of para-hydroxylation sites is 2. The van der Waals surface area contributed by atoms with E-state index in [-0.39, 0.29) is 5.91 Å². The first kappa shape index (κ1) is 18.4. The largest absolute Gasteiger partial charge is 0.485 e. The standard InChI is InChI=1S/C21H20N6O2/c1-14-16(12-27(2)26-14)18-11-19(25-24-18)21(28)23-17-8-3-4-9-20(17)29-13-15-7-5-6-10-22-15/h3-12H,13H2,1-2H3,(H,23,28)(H,24,25). The van der Waals surface area contributed by atoms with Crippen LogP contribution in [0.3, 0.4) is 0 Å². The molecule has 0 saturated carbocycles. The Kier molecular flexibility index (Phi) is 5.07. The summed E-state index contributed by atoms with van der Waals surface area (Å²) in [5, 5.41) is 14.2. The molecule has 8 nitrogen and oxygen atoms in total. The molecule has 1 aromatic carbocycles. The fourth-order valence-electron chi connectivity index (χ4n) is 2.95. The monoisotopic (exact) mass is 388 g/mol. The van der Waals surface area contributed by atoms with Gasteiger partial charge in [0.2, 0.25) is 0 Å². The van der Waals surface area contributed by atoms with Crippen LogP contribution in [0.5, 0.6) is 5.75 Å². The molecule has 1 amide bonds. The molecular weight excluding hydrogens is 368 g/mol. The number of pyridine rings is 1. The number of H-pyrrole nitrogens is 1. The number of aromatic nitrogens is 5. The van der Waals surface area contributed by atoms with Gasteiger partial charge in [0, 0.05) is 25.0 Å². The highest BCUT2D eigenvalue weighted by atomic mass is 16.5. The Balaban J connectivity index is 1.48. The summed E-state index contributed by atoms with van der Waals surface area (Å²) < 4.78 is 7.56. The number of benzene rings is 1. The number of ether oxygens (including phenoxy) is 1. The molecule has 0 bridgehead atoms. The van der Waals surface area contributed by atoms with Crippen LogP contribution in [0.2, 0.25) is 0 Å². The molecule has 0 spiro atoms. The van der Waals surface area contributed by atoms with E-state index in [0.29, 0.717) is 29.4 Å². The second kappa shape index (κ2) is 7.97. The predicted molar refractivity (Wildman–Crippen MR) is 108 cm³/mol. The van der Waals surface area contributed by atoms with Crippen LogP contribution < -0.4 is 10.1 Å². The minimum absolute atomic E-state index is 0.306. The van der Waals surface area contributed by atoms with Crippen molar-refractivity contribution in [2.45, 2.75) is 13.5 Å². The Bertz CT molecular complexity index is 1130. The van der Waals surface area contributed by atoms with Gasteiger partial charge >= 0.3 is 0 Å². The van der Waals surface area contributed by atoms with Crippen LogP contribution in [-0.2, 0) is 13.7 Å². The van der Waals surface area contributed by atoms with Gasteiger partial charge in [-0.1, -0.05) is 18.2 Å². The molecule has 0 radical (unpaired) electrons. The fourth-order valence-corrected chi connectivity index (χ4v) is 2.95. The van der Waals surface area contributed by atoms with Gasteiger partial charge in [0.25, 0.3) is 5.91 Å². The molecule has 0 saturated heterocycles. The number of rotatable bonds is 6. The van der Waals surface area contributed by atoms with E-state index in [1.165, 1.54) is 0 Å². The van der Waals surface area contributed by atoms with E-state index in [1.54, 1.807) is 29.1 Å². The van der Waals surface area contributed by atoms with Crippen molar-refractivity contribution >= 4 is 11.6 Å². The predicted octanol–water partition coefficient (Wildman–Crippen LogP) is 3.34. The zero-order valence-corrected chi connectivity index (χ0v) is 16.1. The summed E-state index contributed by atoms with van der Waals surface area (Å²) in [6, 6.07) is 14.6. The maximum absolute atomic E-state index is 12.7. The number of nitrogens with zero attached hydrogens (tertiary/aromatic N) is 4. The highest BCUT2D eigenvalue weighted by Gasteiger charge is 2.15. The van der Waals surface area contributed by atoms with Crippen LogP contribution in [0, 0.1) is 6.92 Å². The molecule has 4 rings (SSSR count). The minimum atomic E-state index is -0.306. The number of nitrogens with one attached hydrogen (secondary N) is 2. The number of carbonyl (C=O) groups is 1. The van der Waals surface area contributed by atoms with E-state index < -0.39 is 0 Å². The summed E-state index contributed by atoms with van der Waals surface area (Å²) >= 11 is 0. The van der Waals surface area contributed by atoms with E-state index in [9.17, 15) is 4.79 Å². The third-order valence-corrected chi connectivity index (χ3v) is 4.35. The van der Waals surface area contributed by atoms with Gasteiger partial charge < -0.3 is 10.1 Å². The summed E-state index contributed by atoms with van der Waals surface area (Å²) in [7, 11) is 1.85. The van der Waals surface area contributed by atoms with Gasteiger partial charge in [-0.15, -0.1) is 0 Å². The van der Waals surface area contributed by atoms with Crippen LogP contribution in [0.15, 0.2) is 60.9 Å². The van der Waals surface area contributed by atoms with Crippen molar-refractivity contribution in [2.75, 3.05) is 5.32 Å². The van der Waals surface area contributed by atoms with Gasteiger partial charge in [-0.05, 0) is 37.3 Å². The van der Waals surface area contributed by atoms with Gasteiger partial charge in [-0.25, -0.2) is 0 Å². The topological polar surface area (TPSA) is 97.7 Å². The summed E-state index contributed by atoms with van der Waals surface area (Å²) in [4.78, 5) is 16.9. The van der Waals surface area contributed by atoms with Crippen molar-refractivity contribution in [1.82, 2.24) is 25.0 Å². The quantitative estimate of drug-likeness (QED) is 0.528. The highest BCUT2D eigenvalue weighted by Crippen LogP contribution is 2.26. The SMILES string of the molecule is Cc1nn(C)cc1-c1cc(C(=O)Nc2ccccc2OCc2ccccn2)[nH]n1. The van der Waals surface area contributed by atoms with Gasteiger partial charge in [0.1, 0.15) is 18.1 Å². The second-order valence-electron chi connectivity index (χ2n) is 6.53. The molecule has 0 unspecified atom stereocenters. The van der Waals surface area contributed by atoms with Crippen molar-refractivity contribution in [1.29, 1.82) is 0 Å². The lowest BCUT2D eigenvalue weighted by Crippen LogP contribution is -2.13. The maximum Gasteiger partial charge on any atom is 0.273 e. The lowest BCUT2D eigenvalue weighted by molar-refractivity contribution is 0.102. The summed E-state index contributed by atoms with van der Waals surface area (Å²) in [5.41, 5.74) is 4.12. The molecule has 0 aliphatic rings. The van der Waals surface area contributed by atoms with Gasteiger partial charge in [0.15, 0.2) is 0 Å². The summed E-state index contributed by atoms with van der Waals surface area (Å²) in [6.45, 7) is 2.21. The second-order valence-corrected chi connectivity index (χ2v) is 6.53. The molecule has 0 aliphatic carbocycles. The lowest BCUT2D eigenvalue weighted by atomic mass is 10.2. The molecule has 3 aromatic heterocycles. The number of hydrogen-bond donors (Lipinski definition) is 2. The van der Waals surface area contributed by atoms with Crippen LogP contribution >= 0.6 is 0 Å². The smallest absolute Gasteiger partial charge is 0.273 e. The average molecular weight is 388 g/mol. The van der Waals surface area contributed by atoms with E-state index in [2.05, 4.69) is 25.6 Å². The van der Waals surface area contributed by atoms with Crippen molar-refractivity contribution in [2.24, 2.45) is 7.05 Å². The molecule has 29 heavy (non-hydrogen) atoms. The molecule has 146 valence electrons. The molecule has 3 heterocycles. The van der Waals surface area contributed by atoms with E-state index in [0.717, 1.165) is 17.0 Å². The fraction of sp³-hybridized carbons (Fsp3) is 0.143. The minimum Gasteiger partial charge on any atom is -0.485 e. The molecule has 4 aromatic rings. The first-order chi connectivity index (χ1) is 14.1. The highest BCUT2D eigenvalue weighted by molar-refractivity contribution is 6.04. The molecule has 0 aliphatic heterocycles. The van der Waals surface area contributed by atoms with Gasteiger partial charge in [0.05, 0.1) is 22.8 Å². The Morgan fingerprint density at radius 1 is 1.21 bits per heavy atom. The van der Waals surface area contributed by atoms with Crippen LogP contribution in [0.4, 0.5) is 5.69 Å². The van der Waals surface area contributed by atoms with Crippen LogP contribution in [0.1, 0.15) is 21.9 Å². The number of amides is 1. The zero-order chi connectivity index (χ0) is 20.2. The number of aromatic amines is 1. The first-order valence-electron chi connectivity index (χ1n) is 9.09. The Hall–Kier alpha value is -3.94. The summed E-state index contributed by atoms with van der Waals surface area (Å²) in [6.07, 6.45) is 3.58. The molecule has 0 fully saturated rings. The maximum atomic E-state index is 12.7. The first-order valence-corrected chi connectivity index (χ1v) is 9.09. The average Bonchev–Trinajstić information content (AvgIpc) is 3.34. The third kappa shape index (κ3) is 4.16. The molecule has 0 atom stereocenters. The van der Waals surface area contributed by atoms with E-state index in [1.807, 2.05) is 50.5 Å². The van der Waals surface area contributed by atoms with Crippen molar-refractivity contribution in [3.05, 3.63) is 78.0 Å². The van der Waals surface area contributed by atoms with Crippen molar-refractivity contribution < 1.29 is 9.53 Å². The van der Waals surface area contributed by atoms with Crippen molar-refractivity contribution in [3.63, 3.8) is 0 Å². The number of hydrogen-bond acceptors (Lipinski definition) is 5.